The fraction of sp³-hybridized carbons (Fsp3) is 0.0667. The second-order valence-corrected chi connectivity index (χ2v) is 5.47. The van der Waals surface area contributed by atoms with E-state index in [4.69, 9.17) is 5.11 Å². The third-order valence-electron chi connectivity index (χ3n) is 2.80. The van der Waals surface area contributed by atoms with Crippen LogP contribution in [0.4, 0.5) is 10.1 Å². The van der Waals surface area contributed by atoms with Crippen LogP contribution < -0.4 is 5.32 Å². The lowest BCUT2D eigenvalue weighted by Gasteiger charge is -2.09. The molecule has 21 heavy (non-hydrogen) atoms. The Morgan fingerprint density at radius 3 is 2.57 bits per heavy atom. The maximum Gasteiger partial charge on any atom is 0.335 e. The minimum Gasteiger partial charge on any atom is -0.478 e. The zero-order valence-electron chi connectivity index (χ0n) is 10.8. The van der Waals surface area contributed by atoms with Crippen LogP contribution in [0.15, 0.2) is 42.5 Å². The molecule has 0 aliphatic rings. The van der Waals surface area contributed by atoms with Crippen LogP contribution in [0, 0.1) is 9.39 Å². The van der Waals surface area contributed by atoms with Crippen molar-refractivity contribution in [3.05, 3.63) is 63.0 Å². The zero-order chi connectivity index (χ0) is 15.4. The van der Waals surface area contributed by atoms with Crippen LogP contribution in [0.2, 0.25) is 0 Å². The van der Waals surface area contributed by atoms with E-state index in [1.807, 2.05) is 22.6 Å². The molecule has 0 unspecified atom stereocenters. The first kappa shape index (κ1) is 15.4. The predicted octanol–water partition coefficient (Wildman–Crippen LogP) is 3.31. The van der Waals surface area contributed by atoms with Gasteiger partial charge in [-0.1, -0.05) is 18.2 Å². The van der Waals surface area contributed by atoms with Gasteiger partial charge in [-0.05, 0) is 52.4 Å². The number of anilines is 1. The first-order valence-corrected chi connectivity index (χ1v) is 7.11. The van der Waals surface area contributed by atoms with E-state index in [9.17, 15) is 14.0 Å². The standard InChI is InChI=1S/C15H11FINO3/c16-10-5-6-13(12(17)8-10)18-14(19)7-9-3-1-2-4-11(9)15(20)21/h1-6,8H,7H2,(H,18,19)(H,20,21). The SMILES string of the molecule is O=C(Cc1ccccc1C(=O)O)Nc1ccc(F)cc1I. The number of carbonyl (C=O) groups is 2. The Hall–Kier alpha value is -1.96. The number of amides is 1. The molecule has 0 bridgehead atoms. The van der Waals surface area contributed by atoms with Gasteiger partial charge in [-0.15, -0.1) is 0 Å². The summed E-state index contributed by atoms with van der Waals surface area (Å²) < 4.78 is 13.6. The van der Waals surface area contributed by atoms with Crippen molar-refractivity contribution in [1.82, 2.24) is 0 Å². The van der Waals surface area contributed by atoms with Crippen molar-refractivity contribution in [1.29, 1.82) is 0 Å². The van der Waals surface area contributed by atoms with E-state index < -0.39 is 5.97 Å². The molecule has 0 fully saturated rings. The molecule has 6 heteroatoms. The molecule has 0 radical (unpaired) electrons. The molecule has 108 valence electrons. The fourth-order valence-electron chi connectivity index (χ4n) is 1.84. The van der Waals surface area contributed by atoms with E-state index in [1.54, 1.807) is 18.2 Å². The Morgan fingerprint density at radius 2 is 1.90 bits per heavy atom. The van der Waals surface area contributed by atoms with Crippen LogP contribution in [-0.2, 0) is 11.2 Å². The van der Waals surface area contributed by atoms with Gasteiger partial charge in [-0.3, -0.25) is 4.79 Å². The Morgan fingerprint density at radius 1 is 1.19 bits per heavy atom. The first-order chi connectivity index (χ1) is 9.97. The number of hydrogen-bond acceptors (Lipinski definition) is 2. The number of hydrogen-bond donors (Lipinski definition) is 2. The molecule has 0 aromatic heterocycles. The van der Waals surface area contributed by atoms with Crippen molar-refractivity contribution in [3.63, 3.8) is 0 Å². The number of carboxylic acids is 1. The van der Waals surface area contributed by atoms with Crippen LogP contribution in [0.3, 0.4) is 0 Å². The summed E-state index contributed by atoms with van der Waals surface area (Å²) in [5.41, 5.74) is 1.02. The molecule has 0 spiro atoms. The Bertz CT molecular complexity index is 703. The summed E-state index contributed by atoms with van der Waals surface area (Å²) in [7, 11) is 0. The Balaban J connectivity index is 2.14. The molecule has 2 N–H and O–H groups in total. The molecule has 4 nitrogen and oxygen atoms in total. The molecule has 2 aromatic rings. The van der Waals surface area contributed by atoms with Crippen LogP contribution in [-0.4, -0.2) is 17.0 Å². The average molecular weight is 399 g/mol. The average Bonchev–Trinajstić information content (AvgIpc) is 2.42. The van der Waals surface area contributed by atoms with Crippen LogP contribution >= 0.6 is 22.6 Å². The summed E-state index contributed by atoms with van der Waals surface area (Å²) in [4.78, 5) is 23.1. The van der Waals surface area contributed by atoms with Crippen LogP contribution in [0.1, 0.15) is 15.9 Å². The molecular weight excluding hydrogens is 388 g/mol. The van der Waals surface area contributed by atoms with Crippen molar-refractivity contribution in [3.8, 4) is 0 Å². The molecule has 0 atom stereocenters. The van der Waals surface area contributed by atoms with E-state index in [2.05, 4.69) is 5.32 Å². The van der Waals surface area contributed by atoms with Gasteiger partial charge in [0, 0.05) is 3.57 Å². The van der Waals surface area contributed by atoms with Gasteiger partial charge < -0.3 is 10.4 Å². The molecule has 0 saturated heterocycles. The molecule has 0 aliphatic carbocycles. The topological polar surface area (TPSA) is 66.4 Å². The van der Waals surface area contributed by atoms with Gasteiger partial charge in [0.05, 0.1) is 17.7 Å². The Labute approximate surface area is 134 Å². The van der Waals surface area contributed by atoms with Crippen LogP contribution in [0.5, 0.6) is 0 Å². The van der Waals surface area contributed by atoms with E-state index in [0.29, 0.717) is 14.8 Å². The van der Waals surface area contributed by atoms with Crippen molar-refractivity contribution >= 4 is 40.2 Å². The van der Waals surface area contributed by atoms with Crippen molar-refractivity contribution in [2.45, 2.75) is 6.42 Å². The van der Waals surface area contributed by atoms with Crippen molar-refractivity contribution in [2.24, 2.45) is 0 Å². The number of aromatic carboxylic acids is 1. The Kier molecular flexibility index (Phi) is 4.89. The summed E-state index contributed by atoms with van der Waals surface area (Å²) in [5.74, 6) is -1.81. The third-order valence-corrected chi connectivity index (χ3v) is 3.70. The lowest BCUT2D eigenvalue weighted by molar-refractivity contribution is -0.115. The molecule has 0 heterocycles. The lowest BCUT2D eigenvalue weighted by Crippen LogP contribution is -2.17. The van der Waals surface area contributed by atoms with E-state index >= 15 is 0 Å². The van der Waals surface area contributed by atoms with Gasteiger partial charge in [0.2, 0.25) is 5.91 Å². The van der Waals surface area contributed by atoms with Crippen LogP contribution in [0.25, 0.3) is 0 Å². The van der Waals surface area contributed by atoms with Crippen molar-refractivity contribution in [2.75, 3.05) is 5.32 Å². The van der Waals surface area contributed by atoms with Gasteiger partial charge >= 0.3 is 5.97 Å². The number of nitrogens with one attached hydrogen (secondary N) is 1. The van der Waals surface area contributed by atoms with Gasteiger partial charge in [0.25, 0.3) is 0 Å². The highest BCUT2D eigenvalue weighted by Gasteiger charge is 2.13. The number of benzene rings is 2. The number of rotatable bonds is 4. The molecular formula is C15H11FINO3. The monoisotopic (exact) mass is 399 g/mol. The maximum atomic E-state index is 13.0. The molecule has 2 rings (SSSR count). The summed E-state index contributed by atoms with van der Waals surface area (Å²) in [6.07, 6.45) is -0.0596. The molecule has 0 aliphatic heterocycles. The summed E-state index contributed by atoms with van der Waals surface area (Å²) in [5, 5.41) is 11.7. The number of carboxylic acid groups (broad SMARTS) is 1. The molecule has 2 aromatic carbocycles. The number of carbonyl (C=O) groups excluding carboxylic acids is 1. The molecule has 0 saturated carbocycles. The molecule has 1 amide bonds. The highest BCUT2D eigenvalue weighted by atomic mass is 127. The summed E-state index contributed by atoms with van der Waals surface area (Å²) >= 11 is 1.92. The zero-order valence-corrected chi connectivity index (χ0v) is 12.9. The smallest absolute Gasteiger partial charge is 0.335 e. The predicted molar refractivity (Wildman–Crippen MR) is 84.9 cm³/mol. The summed E-state index contributed by atoms with van der Waals surface area (Å²) in [6, 6.07) is 10.4. The van der Waals surface area contributed by atoms with Gasteiger partial charge in [0.15, 0.2) is 0 Å². The highest BCUT2D eigenvalue weighted by molar-refractivity contribution is 14.1. The van der Waals surface area contributed by atoms with Gasteiger partial charge in [0.1, 0.15) is 5.82 Å². The quantitative estimate of drug-likeness (QED) is 0.776. The van der Waals surface area contributed by atoms with E-state index in [-0.39, 0.29) is 23.7 Å². The van der Waals surface area contributed by atoms with E-state index in [0.717, 1.165) is 0 Å². The van der Waals surface area contributed by atoms with E-state index in [1.165, 1.54) is 24.3 Å². The second-order valence-electron chi connectivity index (χ2n) is 4.31. The fourth-order valence-corrected chi connectivity index (χ4v) is 2.45. The minimum atomic E-state index is -1.07. The number of halogens is 2. The first-order valence-electron chi connectivity index (χ1n) is 6.03. The second kappa shape index (κ2) is 6.66. The maximum absolute atomic E-state index is 13.0. The van der Waals surface area contributed by atoms with Crippen molar-refractivity contribution < 1.29 is 19.1 Å². The highest BCUT2D eigenvalue weighted by Crippen LogP contribution is 2.19. The normalized spacial score (nSPS) is 10.2. The minimum absolute atomic E-state index is 0.0596. The lowest BCUT2D eigenvalue weighted by atomic mass is 10.0. The largest absolute Gasteiger partial charge is 0.478 e. The van der Waals surface area contributed by atoms with Gasteiger partial charge in [-0.2, -0.15) is 0 Å². The van der Waals surface area contributed by atoms with Gasteiger partial charge in [-0.25, -0.2) is 9.18 Å². The third kappa shape index (κ3) is 4.01. The summed E-state index contributed by atoms with van der Waals surface area (Å²) in [6.45, 7) is 0.